The van der Waals surface area contributed by atoms with E-state index in [4.69, 9.17) is 23.7 Å². The Labute approximate surface area is 185 Å². The molecular formula is C21H41FN2O7. The van der Waals surface area contributed by atoms with Crippen LogP contribution in [0.15, 0.2) is 0 Å². The van der Waals surface area contributed by atoms with Gasteiger partial charge in [-0.15, -0.1) is 0 Å². The van der Waals surface area contributed by atoms with Gasteiger partial charge in [-0.3, -0.25) is 9.59 Å². The zero-order valence-electron chi connectivity index (χ0n) is 19.7. The van der Waals surface area contributed by atoms with Crippen molar-refractivity contribution in [3.8, 4) is 0 Å². The number of carbonyl (C=O) groups excluding carboxylic acids is 2. The van der Waals surface area contributed by atoms with Gasteiger partial charge in [-0.05, 0) is 20.8 Å². The normalized spacial score (nSPS) is 12.7. The monoisotopic (exact) mass is 452 g/mol. The average molecular weight is 453 g/mol. The van der Waals surface area contributed by atoms with E-state index in [-0.39, 0.29) is 49.7 Å². The minimum absolute atomic E-state index is 0.0303. The fourth-order valence-electron chi connectivity index (χ4n) is 1.94. The zero-order chi connectivity index (χ0) is 23.5. The molecular weight excluding hydrogens is 411 g/mol. The number of ether oxygens (including phenoxy) is 5. The lowest BCUT2D eigenvalue weighted by Crippen LogP contribution is -2.35. The van der Waals surface area contributed by atoms with E-state index in [0.29, 0.717) is 46.2 Å². The molecule has 9 nitrogen and oxygen atoms in total. The van der Waals surface area contributed by atoms with Gasteiger partial charge < -0.3 is 34.3 Å². The minimum atomic E-state index is -1.24. The van der Waals surface area contributed by atoms with Crippen molar-refractivity contribution in [2.45, 2.75) is 46.4 Å². The minimum Gasteiger partial charge on any atom is -0.377 e. The number of alkyl halides is 1. The highest BCUT2D eigenvalue weighted by Crippen LogP contribution is 2.05. The summed E-state index contributed by atoms with van der Waals surface area (Å²) in [6, 6.07) is 0. The van der Waals surface area contributed by atoms with E-state index in [9.17, 15) is 14.0 Å². The first-order valence-electron chi connectivity index (χ1n) is 10.7. The van der Waals surface area contributed by atoms with E-state index in [1.807, 2.05) is 20.8 Å². The molecule has 1 atom stereocenters. The molecule has 0 radical (unpaired) electrons. The van der Waals surface area contributed by atoms with Crippen molar-refractivity contribution < 1.29 is 37.7 Å². The fraction of sp³-hybridized carbons (Fsp3) is 0.905. The maximum absolute atomic E-state index is 13.5. The smallest absolute Gasteiger partial charge is 0.246 e. The van der Waals surface area contributed by atoms with Gasteiger partial charge in [0.15, 0.2) is 0 Å². The average Bonchev–Trinajstić information content (AvgIpc) is 2.69. The van der Waals surface area contributed by atoms with Crippen LogP contribution in [-0.2, 0) is 33.3 Å². The first-order valence-corrected chi connectivity index (χ1v) is 10.7. The third kappa shape index (κ3) is 21.7. The summed E-state index contributed by atoms with van der Waals surface area (Å²) in [5.41, 5.74) is -0.341. The van der Waals surface area contributed by atoms with Crippen LogP contribution in [0.25, 0.3) is 0 Å². The molecule has 2 amide bonds. The van der Waals surface area contributed by atoms with Crippen LogP contribution >= 0.6 is 0 Å². The summed E-state index contributed by atoms with van der Waals surface area (Å²) in [6.07, 6.45) is -1.24. The quantitative estimate of drug-likeness (QED) is 0.283. The molecule has 10 heteroatoms. The summed E-state index contributed by atoms with van der Waals surface area (Å²) in [6.45, 7) is 12.2. The Bertz CT molecular complexity index is 473. The van der Waals surface area contributed by atoms with E-state index in [1.54, 1.807) is 13.8 Å². The number of nitrogens with one attached hydrogen (secondary N) is 2. The van der Waals surface area contributed by atoms with Gasteiger partial charge >= 0.3 is 0 Å². The van der Waals surface area contributed by atoms with Crippen LogP contribution in [-0.4, -0.2) is 96.1 Å². The molecule has 0 fully saturated rings. The fourth-order valence-corrected chi connectivity index (χ4v) is 1.94. The van der Waals surface area contributed by atoms with Crippen LogP contribution < -0.4 is 10.6 Å². The van der Waals surface area contributed by atoms with Gasteiger partial charge in [-0.1, -0.05) is 13.8 Å². The second-order valence-corrected chi connectivity index (χ2v) is 8.16. The van der Waals surface area contributed by atoms with E-state index < -0.39 is 6.17 Å². The van der Waals surface area contributed by atoms with Crippen LogP contribution in [0.5, 0.6) is 0 Å². The maximum Gasteiger partial charge on any atom is 0.246 e. The van der Waals surface area contributed by atoms with Gasteiger partial charge in [0.1, 0.15) is 12.8 Å². The predicted octanol–water partition coefficient (Wildman–Crippen LogP) is 1.09. The largest absolute Gasteiger partial charge is 0.377 e. The summed E-state index contributed by atoms with van der Waals surface area (Å²) in [5.74, 6) is -0.512. The Hall–Kier alpha value is -1.33. The van der Waals surface area contributed by atoms with E-state index >= 15 is 0 Å². The second kappa shape index (κ2) is 18.3. The molecule has 0 spiro atoms. The number of hydrogen-bond donors (Lipinski definition) is 2. The molecule has 0 aromatic carbocycles. The molecule has 31 heavy (non-hydrogen) atoms. The molecule has 2 N–H and O–H groups in total. The van der Waals surface area contributed by atoms with E-state index in [1.165, 1.54) is 0 Å². The molecule has 0 aliphatic rings. The van der Waals surface area contributed by atoms with Crippen molar-refractivity contribution in [1.82, 2.24) is 10.6 Å². The molecule has 0 heterocycles. The number of carbonyl (C=O) groups is 2. The highest BCUT2D eigenvalue weighted by molar-refractivity contribution is 5.77. The number of rotatable bonds is 19. The van der Waals surface area contributed by atoms with Crippen molar-refractivity contribution in [3.05, 3.63) is 0 Å². The second-order valence-electron chi connectivity index (χ2n) is 8.16. The third-order valence-corrected chi connectivity index (χ3v) is 3.64. The topological polar surface area (TPSA) is 104 Å². The van der Waals surface area contributed by atoms with Crippen molar-refractivity contribution in [3.63, 3.8) is 0 Å². The van der Waals surface area contributed by atoms with Crippen LogP contribution in [0.4, 0.5) is 4.39 Å². The van der Waals surface area contributed by atoms with Gasteiger partial charge in [0.2, 0.25) is 11.8 Å². The first-order chi connectivity index (χ1) is 14.6. The summed E-state index contributed by atoms with van der Waals surface area (Å²) < 4.78 is 40.1. The first kappa shape index (κ1) is 29.7. The van der Waals surface area contributed by atoms with E-state index in [0.717, 1.165) is 0 Å². The third-order valence-electron chi connectivity index (χ3n) is 3.64. The Morgan fingerprint density at radius 1 is 0.839 bits per heavy atom. The SMILES string of the molecule is CC(C)C(=O)NCC(F)COCCOCCOCCOCCNC(=O)COC(C)(C)C. The van der Waals surface area contributed by atoms with Crippen LogP contribution in [0, 0.1) is 5.92 Å². The highest BCUT2D eigenvalue weighted by Gasteiger charge is 2.12. The molecule has 0 aromatic heterocycles. The summed E-state index contributed by atoms with van der Waals surface area (Å²) in [4.78, 5) is 22.9. The van der Waals surface area contributed by atoms with Gasteiger partial charge in [-0.25, -0.2) is 4.39 Å². The molecule has 0 aromatic rings. The lowest BCUT2D eigenvalue weighted by atomic mass is 10.2. The standard InChI is InChI=1S/C21H41FN2O7/c1-17(2)20(26)24-14-18(22)15-30-13-12-29-11-10-28-9-8-27-7-6-23-19(25)16-31-21(3,4)5/h17-18H,6-16H2,1-5H3,(H,23,25)(H,24,26). The van der Waals surface area contributed by atoms with Crippen molar-refractivity contribution in [2.24, 2.45) is 5.92 Å². The Morgan fingerprint density at radius 2 is 1.35 bits per heavy atom. The lowest BCUT2D eigenvalue weighted by Gasteiger charge is -2.18. The zero-order valence-corrected chi connectivity index (χ0v) is 19.7. The Kier molecular flexibility index (Phi) is 17.5. The lowest BCUT2D eigenvalue weighted by molar-refractivity contribution is -0.130. The summed E-state index contributed by atoms with van der Waals surface area (Å²) >= 11 is 0. The molecule has 1 unspecified atom stereocenters. The van der Waals surface area contributed by atoms with Crippen LogP contribution in [0.3, 0.4) is 0 Å². The molecule has 0 aliphatic heterocycles. The molecule has 0 aliphatic carbocycles. The van der Waals surface area contributed by atoms with Gasteiger partial charge in [-0.2, -0.15) is 0 Å². The number of halogens is 1. The maximum atomic E-state index is 13.5. The van der Waals surface area contributed by atoms with Crippen molar-refractivity contribution in [1.29, 1.82) is 0 Å². The van der Waals surface area contributed by atoms with Gasteiger partial charge in [0.05, 0.1) is 65.0 Å². The molecule has 0 rings (SSSR count). The highest BCUT2D eigenvalue weighted by atomic mass is 19.1. The van der Waals surface area contributed by atoms with Gasteiger partial charge in [0.25, 0.3) is 0 Å². The number of hydrogen-bond acceptors (Lipinski definition) is 7. The van der Waals surface area contributed by atoms with Crippen LogP contribution in [0.2, 0.25) is 0 Å². The molecule has 0 saturated heterocycles. The summed E-state index contributed by atoms with van der Waals surface area (Å²) in [5, 5.41) is 5.23. The summed E-state index contributed by atoms with van der Waals surface area (Å²) in [7, 11) is 0. The number of amides is 2. The Morgan fingerprint density at radius 3 is 1.87 bits per heavy atom. The van der Waals surface area contributed by atoms with Gasteiger partial charge in [0, 0.05) is 12.5 Å². The van der Waals surface area contributed by atoms with Crippen molar-refractivity contribution >= 4 is 11.8 Å². The van der Waals surface area contributed by atoms with Crippen molar-refractivity contribution in [2.75, 3.05) is 72.6 Å². The Balaban J connectivity index is 3.30. The van der Waals surface area contributed by atoms with E-state index in [2.05, 4.69) is 10.6 Å². The molecule has 0 saturated carbocycles. The molecule has 0 bridgehead atoms. The van der Waals surface area contributed by atoms with Crippen LogP contribution in [0.1, 0.15) is 34.6 Å². The predicted molar refractivity (Wildman–Crippen MR) is 115 cm³/mol. The molecule has 184 valence electrons.